The van der Waals surface area contributed by atoms with Crippen LogP contribution in [-0.4, -0.2) is 23.8 Å². The van der Waals surface area contributed by atoms with Crippen molar-refractivity contribution in [2.45, 2.75) is 72.1 Å². The fourth-order valence-electron chi connectivity index (χ4n) is 3.36. The van der Waals surface area contributed by atoms with Crippen LogP contribution in [0, 0.1) is 6.92 Å². The number of aromatic amines is 1. The number of unbranched alkanes of at least 4 members (excludes halogenated alkanes) is 5. The molecule has 3 heteroatoms. The van der Waals surface area contributed by atoms with Gasteiger partial charge < -0.3 is 4.90 Å². The Morgan fingerprint density at radius 3 is 2.36 bits per heavy atom. The molecule has 1 aliphatic rings. The Kier molecular flexibility index (Phi) is 8.03. The van der Waals surface area contributed by atoms with E-state index in [9.17, 15) is 0 Å². The summed E-state index contributed by atoms with van der Waals surface area (Å²) in [6.45, 7) is 7.70. The number of hydrogen-bond acceptors (Lipinski definition) is 2. The van der Waals surface area contributed by atoms with Gasteiger partial charge in [0.15, 0.2) is 0 Å². The number of hydrogen-bond donors (Lipinski definition) is 1. The number of aromatic nitrogens is 2. The van der Waals surface area contributed by atoms with E-state index in [0.717, 1.165) is 17.9 Å². The van der Waals surface area contributed by atoms with Crippen molar-refractivity contribution in [3.63, 3.8) is 0 Å². The van der Waals surface area contributed by atoms with Crippen LogP contribution in [0.1, 0.15) is 70.1 Å². The highest BCUT2D eigenvalue weighted by atomic mass is 15.1. The molecule has 0 radical (unpaired) electrons. The van der Waals surface area contributed by atoms with Crippen LogP contribution >= 0.6 is 0 Å². The van der Waals surface area contributed by atoms with Gasteiger partial charge in [0.25, 0.3) is 0 Å². The van der Waals surface area contributed by atoms with Crippen molar-refractivity contribution < 1.29 is 0 Å². The first-order valence-corrected chi connectivity index (χ1v) is 10.0. The first-order valence-electron chi connectivity index (χ1n) is 10.0. The van der Waals surface area contributed by atoms with Crippen molar-refractivity contribution in [1.82, 2.24) is 10.2 Å². The molecule has 0 fully saturated rings. The Morgan fingerprint density at radius 1 is 1.04 bits per heavy atom. The van der Waals surface area contributed by atoms with Gasteiger partial charge in [-0.15, -0.1) is 0 Å². The largest absolute Gasteiger partial charge is 0.374 e. The van der Waals surface area contributed by atoms with Crippen molar-refractivity contribution in [3.8, 4) is 11.3 Å². The van der Waals surface area contributed by atoms with Gasteiger partial charge in [-0.05, 0) is 43.5 Å². The van der Waals surface area contributed by atoms with E-state index < -0.39 is 0 Å². The van der Waals surface area contributed by atoms with E-state index in [2.05, 4.69) is 60.3 Å². The lowest BCUT2D eigenvalue weighted by Crippen LogP contribution is -2.24. The maximum Gasteiger partial charge on any atom is 0.0923 e. The Balaban J connectivity index is 0.000000242. The maximum atomic E-state index is 4.32. The summed E-state index contributed by atoms with van der Waals surface area (Å²) < 4.78 is 0. The van der Waals surface area contributed by atoms with Crippen molar-refractivity contribution in [1.29, 1.82) is 0 Å². The highest BCUT2D eigenvalue weighted by molar-refractivity contribution is 5.67. The molecule has 2 heterocycles. The fourth-order valence-corrected chi connectivity index (χ4v) is 3.36. The Morgan fingerprint density at radius 2 is 1.76 bits per heavy atom. The molecule has 3 rings (SSSR count). The highest BCUT2D eigenvalue weighted by Crippen LogP contribution is 2.30. The lowest BCUT2D eigenvalue weighted by Gasteiger charge is -2.27. The van der Waals surface area contributed by atoms with Gasteiger partial charge >= 0.3 is 0 Å². The van der Waals surface area contributed by atoms with Crippen LogP contribution in [-0.2, 0) is 6.42 Å². The zero-order chi connectivity index (χ0) is 18.1. The predicted molar refractivity (Wildman–Crippen MR) is 109 cm³/mol. The molecule has 0 atom stereocenters. The third-order valence-corrected chi connectivity index (χ3v) is 4.89. The Labute approximate surface area is 153 Å². The van der Waals surface area contributed by atoms with Crippen LogP contribution in [0.5, 0.6) is 0 Å². The van der Waals surface area contributed by atoms with Crippen molar-refractivity contribution in [2.24, 2.45) is 0 Å². The fraction of sp³-hybridized carbons (Fsp3) is 0.591. The summed E-state index contributed by atoms with van der Waals surface area (Å²) in [6.07, 6.45) is 10.9. The first-order chi connectivity index (χ1) is 12.2. The third kappa shape index (κ3) is 5.91. The molecule has 1 aromatic heterocycles. The average Bonchev–Trinajstić information content (AvgIpc) is 3.06. The molecule has 1 aromatic carbocycles. The summed E-state index contributed by atoms with van der Waals surface area (Å²) in [5.41, 5.74) is 6.17. The molecule has 138 valence electrons. The minimum Gasteiger partial charge on any atom is -0.374 e. The van der Waals surface area contributed by atoms with Gasteiger partial charge in [0, 0.05) is 30.5 Å². The topological polar surface area (TPSA) is 31.9 Å². The normalized spacial score (nSPS) is 13.2. The molecule has 2 aromatic rings. The smallest absolute Gasteiger partial charge is 0.0923 e. The molecular formula is C22H35N3. The van der Waals surface area contributed by atoms with Gasteiger partial charge in [-0.3, -0.25) is 5.10 Å². The van der Waals surface area contributed by atoms with Gasteiger partial charge in [-0.2, -0.15) is 5.10 Å². The SMILES string of the molecule is CCCCCCCC.Cc1cc(-c2ccc3c(c2)CCCN3C)n[nH]1. The van der Waals surface area contributed by atoms with E-state index in [1.807, 2.05) is 6.92 Å². The number of H-pyrrole nitrogens is 1. The number of fused-ring (bicyclic) bond motifs is 1. The zero-order valence-corrected chi connectivity index (χ0v) is 16.6. The number of benzene rings is 1. The minimum absolute atomic E-state index is 1.04. The number of aryl methyl sites for hydroxylation is 2. The van der Waals surface area contributed by atoms with Gasteiger partial charge in [-0.25, -0.2) is 0 Å². The lowest BCUT2D eigenvalue weighted by molar-refractivity contribution is 0.624. The van der Waals surface area contributed by atoms with Gasteiger partial charge in [-0.1, -0.05) is 58.4 Å². The van der Waals surface area contributed by atoms with E-state index in [-0.39, 0.29) is 0 Å². The van der Waals surface area contributed by atoms with E-state index in [4.69, 9.17) is 0 Å². The second-order valence-corrected chi connectivity index (χ2v) is 7.22. The van der Waals surface area contributed by atoms with Gasteiger partial charge in [0.1, 0.15) is 0 Å². The maximum absolute atomic E-state index is 4.32. The number of rotatable bonds is 6. The standard InChI is InChI=1S/C14H17N3.C8H18/c1-10-8-13(16-15-10)11-5-6-14-12(9-11)4-3-7-17(14)2;1-3-5-7-8-6-4-2/h5-6,8-9H,3-4,7H2,1-2H3,(H,15,16);3-8H2,1-2H3. The van der Waals surface area contributed by atoms with Crippen LogP contribution < -0.4 is 4.90 Å². The molecule has 0 saturated heterocycles. The van der Waals surface area contributed by atoms with E-state index >= 15 is 0 Å². The van der Waals surface area contributed by atoms with Crippen LogP contribution in [0.15, 0.2) is 24.3 Å². The molecule has 0 unspecified atom stereocenters. The van der Waals surface area contributed by atoms with E-state index in [1.165, 1.54) is 68.2 Å². The molecular weight excluding hydrogens is 306 g/mol. The van der Waals surface area contributed by atoms with Crippen LogP contribution in [0.25, 0.3) is 11.3 Å². The molecule has 0 spiro atoms. The molecule has 1 N–H and O–H groups in total. The van der Waals surface area contributed by atoms with Gasteiger partial charge in [0.05, 0.1) is 5.69 Å². The minimum atomic E-state index is 1.04. The average molecular weight is 342 g/mol. The summed E-state index contributed by atoms with van der Waals surface area (Å²) in [7, 11) is 2.16. The second kappa shape index (κ2) is 10.3. The molecule has 0 saturated carbocycles. The summed E-state index contributed by atoms with van der Waals surface area (Å²) in [4.78, 5) is 2.33. The first kappa shape index (κ1) is 19.6. The van der Waals surface area contributed by atoms with Gasteiger partial charge in [0.2, 0.25) is 0 Å². The quantitative estimate of drug-likeness (QED) is 0.640. The third-order valence-electron chi connectivity index (χ3n) is 4.89. The molecule has 25 heavy (non-hydrogen) atoms. The lowest BCUT2D eigenvalue weighted by atomic mass is 9.98. The molecule has 1 aliphatic heterocycles. The number of anilines is 1. The summed E-state index contributed by atoms with van der Waals surface area (Å²) in [5, 5.41) is 7.31. The van der Waals surface area contributed by atoms with Crippen LogP contribution in [0.3, 0.4) is 0 Å². The van der Waals surface area contributed by atoms with Crippen LogP contribution in [0.2, 0.25) is 0 Å². The van der Waals surface area contributed by atoms with E-state index in [1.54, 1.807) is 0 Å². The van der Waals surface area contributed by atoms with Crippen molar-refractivity contribution in [2.75, 3.05) is 18.5 Å². The number of nitrogens with zero attached hydrogens (tertiary/aromatic N) is 2. The summed E-state index contributed by atoms with van der Waals surface area (Å²) in [5.74, 6) is 0. The predicted octanol–water partition coefficient (Wildman–Crippen LogP) is 6.13. The second-order valence-electron chi connectivity index (χ2n) is 7.22. The summed E-state index contributed by atoms with van der Waals surface area (Å²) in [6, 6.07) is 8.75. The summed E-state index contributed by atoms with van der Waals surface area (Å²) >= 11 is 0. The molecule has 3 nitrogen and oxygen atoms in total. The molecule has 0 bridgehead atoms. The highest BCUT2D eigenvalue weighted by Gasteiger charge is 2.14. The van der Waals surface area contributed by atoms with Crippen molar-refractivity contribution in [3.05, 3.63) is 35.5 Å². The zero-order valence-electron chi connectivity index (χ0n) is 16.6. The Bertz CT molecular complexity index is 624. The monoisotopic (exact) mass is 341 g/mol. The number of nitrogens with one attached hydrogen (secondary N) is 1. The Hall–Kier alpha value is -1.77. The molecule has 0 aliphatic carbocycles. The van der Waals surface area contributed by atoms with Crippen molar-refractivity contribution >= 4 is 5.69 Å². The van der Waals surface area contributed by atoms with E-state index in [0.29, 0.717) is 0 Å². The van der Waals surface area contributed by atoms with Crippen LogP contribution in [0.4, 0.5) is 5.69 Å². The molecule has 0 amide bonds.